The summed E-state index contributed by atoms with van der Waals surface area (Å²) < 4.78 is 0. The van der Waals surface area contributed by atoms with Crippen LogP contribution in [0.1, 0.15) is 27.7 Å². The minimum absolute atomic E-state index is 0.429. The highest BCUT2D eigenvalue weighted by Gasteiger charge is 2.32. The van der Waals surface area contributed by atoms with Crippen molar-refractivity contribution in [3.05, 3.63) is 0 Å². The highest BCUT2D eigenvalue weighted by Crippen LogP contribution is 2.03. The van der Waals surface area contributed by atoms with E-state index in [0.717, 1.165) is 0 Å². The molecule has 8 N–H and O–H groups in total. The van der Waals surface area contributed by atoms with Gasteiger partial charge in [0.05, 0.1) is 18.8 Å². The number of carbonyl (C=O) groups is 4. The number of carbonyl (C=O) groups excluding carboxylic acids is 3. The van der Waals surface area contributed by atoms with Gasteiger partial charge >= 0.3 is 5.97 Å². The zero-order chi connectivity index (χ0) is 20.6. The molecule has 150 valence electrons. The molecule has 26 heavy (non-hydrogen) atoms. The zero-order valence-corrected chi connectivity index (χ0v) is 15.2. The monoisotopic (exact) mass is 376 g/mol. The van der Waals surface area contributed by atoms with E-state index in [2.05, 4.69) is 16.0 Å². The van der Waals surface area contributed by atoms with Gasteiger partial charge in [-0.2, -0.15) is 0 Å². The van der Waals surface area contributed by atoms with E-state index in [-0.39, 0.29) is 0 Å². The molecule has 0 heterocycles. The molecule has 0 aliphatic heterocycles. The topological polar surface area (TPSA) is 191 Å². The number of carboxylic acid groups (broad SMARTS) is 1. The van der Waals surface area contributed by atoms with Gasteiger partial charge in [-0.05, 0) is 19.8 Å². The van der Waals surface area contributed by atoms with E-state index in [1.54, 1.807) is 13.8 Å². The molecule has 0 aromatic rings. The molecule has 0 aromatic carbocycles. The van der Waals surface area contributed by atoms with E-state index in [9.17, 15) is 29.4 Å². The Labute approximate surface area is 151 Å². The van der Waals surface area contributed by atoms with Crippen molar-refractivity contribution in [3.63, 3.8) is 0 Å². The summed E-state index contributed by atoms with van der Waals surface area (Å²) in [7, 11) is 0. The first-order chi connectivity index (χ1) is 11.9. The predicted octanol–water partition coefficient (Wildman–Crippen LogP) is -3.10. The van der Waals surface area contributed by atoms with Crippen LogP contribution >= 0.6 is 0 Å². The second-order valence-electron chi connectivity index (χ2n) is 6.33. The first-order valence-electron chi connectivity index (χ1n) is 8.10. The van der Waals surface area contributed by atoms with E-state index in [1.807, 2.05) is 0 Å². The number of nitrogens with two attached hydrogens (primary N) is 1. The first kappa shape index (κ1) is 23.8. The van der Waals surface area contributed by atoms with Gasteiger partial charge in [-0.1, -0.05) is 13.8 Å². The third kappa shape index (κ3) is 7.33. The summed E-state index contributed by atoms with van der Waals surface area (Å²) in [6.07, 6.45) is -1.30. The van der Waals surface area contributed by atoms with Crippen molar-refractivity contribution in [1.82, 2.24) is 16.0 Å². The minimum atomic E-state index is -1.46. The second kappa shape index (κ2) is 10.7. The number of amides is 3. The summed E-state index contributed by atoms with van der Waals surface area (Å²) in [6.45, 7) is 4.99. The van der Waals surface area contributed by atoms with Crippen molar-refractivity contribution in [3.8, 4) is 0 Å². The Morgan fingerprint density at radius 1 is 0.885 bits per heavy atom. The van der Waals surface area contributed by atoms with Crippen LogP contribution in [0.4, 0.5) is 0 Å². The van der Waals surface area contributed by atoms with E-state index in [1.165, 1.54) is 13.8 Å². The summed E-state index contributed by atoms with van der Waals surface area (Å²) in [6, 6.07) is -5.01. The average molecular weight is 376 g/mol. The average Bonchev–Trinajstić information content (AvgIpc) is 2.53. The Kier molecular flexibility index (Phi) is 9.76. The Morgan fingerprint density at radius 2 is 1.38 bits per heavy atom. The van der Waals surface area contributed by atoms with E-state index in [4.69, 9.17) is 10.8 Å². The smallest absolute Gasteiger partial charge is 0.326 e. The van der Waals surface area contributed by atoms with Crippen LogP contribution in [0.3, 0.4) is 0 Å². The summed E-state index contributed by atoms with van der Waals surface area (Å²) in [5.74, 6) is -4.23. The van der Waals surface area contributed by atoms with Crippen LogP contribution in [0.2, 0.25) is 0 Å². The van der Waals surface area contributed by atoms with Gasteiger partial charge in [0, 0.05) is 0 Å². The molecule has 0 aromatic heterocycles. The lowest BCUT2D eigenvalue weighted by Gasteiger charge is -2.25. The first-order valence-corrected chi connectivity index (χ1v) is 8.10. The zero-order valence-electron chi connectivity index (χ0n) is 15.2. The number of aliphatic carboxylic acids is 1. The van der Waals surface area contributed by atoms with Gasteiger partial charge in [-0.3, -0.25) is 14.4 Å². The van der Waals surface area contributed by atoms with Crippen LogP contribution in [0.5, 0.6) is 0 Å². The third-order valence-corrected chi connectivity index (χ3v) is 3.52. The van der Waals surface area contributed by atoms with Gasteiger partial charge in [0.15, 0.2) is 0 Å². The molecular weight excluding hydrogens is 348 g/mol. The Balaban J connectivity index is 5.10. The van der Waals surface area contributed by atoms with Crippen LogP contribution in [0.25, 0.3) is 0 Å². The fourth-order valence-corrected chi connectivity index (χ4v) is 1.91. The fraction of sp³-hybridized carbons (Fsp3) is 0.733. The summed E-state index contributed by atoms with van der Waals surface area (Å²) >= 11 is 0. The number of rotatable bonds is 10. The summed E-state index contributed by atoms with van der Waals surface area (Å²) in [5, 5.41) is 34.7. The molecular formula is C15H28N4O7. The highest BCUT2D eigenvalue weighted by atomic mass is 16.4. The lowest BCUT2D eigenvalue weighted by Crippen LogP contribution is -2.60. The molecule has 11 nitrogen and oxygen atoms in total. The predicted molar refractivity (Wildman–Crippen MR) is 90.7 cm³/mol. The molecule has 3 amide bonds. The van der Waals surface area contributed by atoms with E-state index in [0.29, 0.717) is 0 Å². The third-order valence-electron chi connectivity index (χ3n) is 3.52. The van der Waals surface area contributed by atoms with Crippen LogP contribution in [-0.2, 0) is 19.2 Å². The quantitative estimate of drug-likeness (QED) is 0.208. The van der Waals surface area contributed by atoms with Crippen molar-refractivity contribution in [1.29, 1.82) is 0 Å². The Morgan fingerprint density at radius 3 is 1.73 bits per heavy atom. The molecule has 0 saturated carbocycles. The van der Waals surface area contributed by atoms with Crippen molar-refractivity contribution in [2.24, 2.45) is 11.7 Å². The minimum Gasteiger partial charge on any atom is -0.480 e. The molecule has 0 aliphatic carbocycles. The fourth-order valence-electron chi connectivity index (χ4n) is 1.91. The second-order valence-corrected chi connectivity index (χ2v) is 6.33. The molecule has 11 heteroatoms. The number of hydrogen-bond donors (Lipinski definition) is 7. The number of nitrogens with one attached hydrogen (secondary N) is 3. The highest BCUT2D eigenvalue weighted by molar-refractivity contribution is 5.94. The van der Waals surface area contributed by atoms with Crippen LogP contribution in [0, 0.1) is 5.92 Å². The summed E-state index contributed by atoms with van der Waals surface area (Å²) in [4.78, 5) is 47.1. The Hall–Kier alpha value is -2.24. The largest absolute Gasteiger partial charge is 0.480 e. The van der Waals surface area contributed by atoms with Crippen LogP contribution in [-0.4, -0.2) is 75.9 Å². The molecule has 0 aliphatic rings. The van der Waals surface area contributed by atoms with Crippen LogP contribution in [0.15, 0.2) is 0 Å². The number of hydrogen-bond acceptors (Lipinski definition) is 7. The van der Waals surface area contributed by atoms with Gasteiger partial charge in [0.25, 0.3) is 0 Å². The van der Waals surface area contributed by atoms with Crippen LogP contribution < -0.4 is 21.7 Å². The van der Waals surface area contributed by atoms with Gasteiger partial charge in [-0.25, -0.2) is 4.79 Å². The van der Waals surface area contributed by atoms with Crippen molar-refractivity contribution in [2.75, 3.05) is 6.61 Å². The SMILES string of the molecule is CC(N)C(=O)NC(C(=O)NC(CO)C(=O)NC(C(=O)O)C(C)C)C(C)O. The summed E-state index contributed by atoms with van der Waals surface area (Å²) in [5.41, 5.74) is 5.39. The van der Waals surface area contributed by atoms with Gasteiger partial charge in [-0.15, -0.1) is 0 Å². The lowest BCUT2D eigenvalue weighted by molar-refractivity contribution is -0.144. The molecule has 0 radical (unpaired) electrons. The Bertz CT molecular complexity index is 522. The number of aliphatic hydroxyl groups excluding tert-OH is 2. The molecule has 5 unspecified atom stereocenters. The lowest BCUT2D eigenvalue weighted by atomic mass is 10.0. The molecule has 0 saturated heterocycles. The maximum atomic E-state index is 12.2. The van der Waals surface area contributed by atoms with E-state index >= 15 is 0 Å². The number of aliphatic hydroxyl groups is 2. The van der Waals surface area contributed by atoms with Crippen molar-refractivity contribution < 1.29 is 34.5 Å². The normalized spacial score (nSPS) is 16.8. The van der Waals surface area contributed by atoms with Gasteiger partial charge in [0.2, 0.25) is 17.7 Å². The molecule has 0 spiro atoms. The molecule has 0 fully saturated rings. The van der Waals surface area contributed by atoms with E-state index < -0.39 is 66.5 Å². The molecule has 0 bridgehead atoms. The molecule has 5 atom stereocenters. The number of carboxylic acids is 1. The van der Waals surface area contributed by atoms with Gasteiger partial charge < -0.3 is 37.0 Å². The van der Waals surface area contributed by atoms with Crippen molar-refractivity contribution in [2.45, 2.75) is 58.0 Å². The van der Waals surface area contributed by atoms with Gasteiger partial charge in [0.1, 0.15) is 18.1 Å². The molecule has 0 rings (SSSR count). The van der Waals surface area contributed by atoms with Crippen molar-refractivity contribution >= 4 is 23.7 Å². The maximum Gasteiger partial charge on any atom is 0.326 e. The standard InChI is InChI=1S/C15H28N4O7/c1-6(2)10(15(25)26)18-13(23)9(5-20)17-14(24)11(8(4)21)19-12(22)7(3)16/h6-11,20-21H,5,16H2,1-4H3,(H,17,24)(H,18,23)(H,19,22)(H,25,26). The maximum absolute atomic E-state index is 12.2.